The molecule has 1 saturated heterocycles. The van der Waals surface area contributed by atoms with Crippen LogP contribution in [-0.2, 0) is 4.79 Å². The number of rotatable bonds is 5. The summed E-state index contributed by atoms with van der Waals surface area (Å²) in [6, 6.07) is 10.3. The Bertz CT molecular complexity index is 427. The van der Waals surface area contributed by atoms with Gasteiger partial charge in [-0.25, -0.2) is 0 Å². The summed E-state index contributed by atoms with van der Waals surface area (Å²) in [5.74, 6) is 0.276. The molecule has 2 atom stereocenters. The average Bonchev–Trinajstić information content (AvgIpc) is 2.68. The molecule has 5 heteroatoms. The van der Waals surface area contributed by atoms with Crippen molar-refractivity contribution < 1.29 is 4.79 Å². The van der Waals surface area contributed by atoms with Gasteiger partial charge in [-0.2, -0.15) is 0 Å². The molecule has 0 bridgehead atoms. The lowest BCUT2D eigenvalue weighted by atomic mass is 10.2. The van der Waals surface area contributed by atoms with Gasteiger partial charge in [0.2, 0.25) is 5.91 Å². The molecule has 112 valence electrons. The predicted molar refractivity (Wildman–Crippen MR) is 88.4 cm³/mol. The maximum Gasteiger partial charge on any atom is 0.236 e. The summed E-state index contributed by atoms with van der Waals surface area (Å²) in [5.41, 5.74) is 1.23. The van der Waals surface area contributed by atoms with Gasteiger partial charge in [0.05, 0.1) is 5.25 Å². The monoisotopic (exact) mass is 314 g/mol. The third-order valence-corrected chi connectivity index (χ3v) is 4.73. The minimum atomic E-state index is 0. The zero-order valence-corrected chi connectivity index (χ0v) is 13.9. The Kier molecular flexibility index (Phi) is 6.86. The van der Waals surface area contributed by atoms with Gasteiger partial charge in [0, 0.05) is 6.54 Å². The third kappa shape index (κ3) is 4.14. The topological polar surface area (TPSA) is 23.6 Å². The summed E-state index contributed by atoms with van der Waals surface area (Å²) in [4.78, 5) is 16.5. The molecular weight excluding hydrogens is 292 g/mol. The van der Waals surface area contributed by atoms with E-state index < -0.39 is 0 Å². The SMILES string of the molecule is CC1SC(c2ccccc2)N(CCCN(C)C)C1=O.Cl. The van der Waals surface area contributed by atoms with E-state index in [2.05, 4.69) is 31.1 Å². The number of halogens is 1. The van der Waals surface area contributed by atoms with Gasteiger partial charge in [-0.05, 0) is 39.5 Å². The van der Waals surface area contributed by atoms with E-state index in [0.717, 1.165) is 19.5 Å². The van der Waals surface area contributed by atoms with Crippen LogP contribution >= 0.6 is 24.2 Å². The van der Waals surface area contributed by atoms with Gasteiger partial charge in [-0.1, -0.05) is 30.3 Å². The maximum absolute atomic E-state index is 12.3. The van der Waals surface area contributed by atoms with E-state index in [1.165, 1.54) is 5.56 Å². The molecule has 0 aliphatic carbocycles. The lowest BCUT2D eigenvalue weighted by Gasteiger charge is -2.24. The van der Waals surface area contributed by atoms with Gasteiger partial charge >= 0.3 is 0 Å². The number of hydrogen-bond acceptors (Lipinski definition) is 3. The Labute approximate surface area is 132 Å². The van der Waals surface area contributed by atoms with Crippen LogP contribution in [0.15, 0.2) is 30.3 Å². The molecule has 1 heterocycles. The van der Waals surface area contributed by atoms with Crippen molar-refractivity contribution in [3.8, 4) is 0 Å². The average molecular weight is 315 g/mol. The normalized spacial score (nSPS) is 22.2. The van der Waals surface area contributed by atoms with Crippen molar-refractivity contribution in [1.82, 2.24) is 9.80 Å². The lowest BCUT2D eigenvalue weighted by Crippen LogP contribution is -2.32. The van der Waals surface area contributed by atoms with Crippen molar-refractivity contribution in [1.29, 1.82) is 0 Å². The summed E-state index contributed by atoms with van der Waals surface area (Å²) in [5, 5.41) is 0.260. The third-order valence-electron chi connectivity index (χ3n) is 3.34. The first-order valence-corrected chi connectivity index (χ1v) is 7.69. The van der Waals surface area contributed by atoms with E-state index in [1.54, 1.807) is 11.8 Å². The first kappa shape index (κ1) is 17.3. The number of carbonyl (C=O) groups excluding carboxylic acids is 1. The number of carbonyl (C=O) groups is 1. The van der Waals surface area contributed by atoms with Crippen molar-refractivity contribution in [3.05, 3.63) is 35.9 Å². The van der Waals surface area contributed by atoms with Crippen LogP contribution in [0.3, 0.4) is 0 Å². The molecule has 2 rings (SSSR count). The van der Waals surface area contributed by atoms with Gasteiger partial charge in [-0.15, -0.1) is 24.2 Å². The molecule has 3 nitrogen and oxygen atoms in total. The van der Waals surface area contributed by atoms with Gasteiger partial charge in [0.15, 0.2) is 0 Å². The second-order valence-corrected chi connectivity index (χ2v) is 6.66. The molecule has 0 N–H and O–H groups in total. The molecule has 1 aromatic rings. The molecule has 1 amide bonds. The lowest BCUT2D eigenvalue weighted by molar-refractivity contribution is -0.129. The number of hydrogen-bond donors (Lipinski definition) is 0. The Balaban J connectivity index is 0.00000200. The Morgan fingerprint density at radius 3 is 2.50 bits per heavy atom. The van der Waals surface area contributed by atoms with Crippen molar-refractivity contribution in [2.24, 2.45) is 0 Å². The molecule has 2 unspecified atom stereocenters. The van der Waals surface area contributed by atoms with Crippen LogP contribution in [0.1, 0.15) is 24.3 Å². The fourth-order valence-corrected chi connectivity index (χ4v) is 3.64. The molecule has 0 saturated carbocycles. The van der Waals surface area contributed by atoms with Gasteiger partial charge in [0.1, 0.15) is 5.37 Å². The van der Waals surface area contributed by atoms with E-state index in [-0.39, 0.29) is 28.9 Å². The first-order valence-electron chi connectivity index (χ1n) is 6.75. The van der Waals surface area contributed by atoms with Gasteiger partial charge < -0.3 is 9.80 Å². The first-order chi connectivity index (χ1) is 9.09. The molecule has 20 heavy (non-hydrogen) atoms. The smallest absolute Gasteiger partial charge is 0.236 e. The summed E-state index contributed by atoms with van der Waals surface area (Å²) < 4.78 is 0. The van der Waals surface area contributed by atoms with Crippen LogP contribution in [0.4, 0.5) is 0 Å². The molecule has 1 aliphatic heterocycles. The van der Waals surface area contributed by atoms with E-state index in [0.29, 0.717) is 0 Å². The highest BCUT2D eigenvalue weighted by molar-refractivity contribution is 8.01. The predicted octanol–water partition coefficient (Wildman–Crippen LogP) is 3.02. The van der Waals surface area contributed by atoms with E-state index in [4.69, 9.17) is 0 Å². The Hall–Kier alpha value is -0.710. The summed E-state index contributed by atoms with van der Waals surface area (Å²) >= 11 is 1.76. The summed E-state index contributed by atoms with van der Waals surface area (Å²) in [6.45, 7) is 3.87. The van der Waals surface area contributed by atoms with Crippen molar-refractivity contribution in [3.63, 3.8) is 0 Å². The highest BCUT2D eigenvalue weighted by Gasteiger charge is 2.37. The van der Waals surface area contributed by atoms with E-state index >= 15 is 0 Å². The molecule has 1 aromatic carbocycles. The number of benzene rings is 1. The molecule has 0 aromatic heterocycles. The van der Waals surface area contributed by atoms with Crippen molar-refractivity contribution >= 4 is 30.1 Å². The number of nitrogens with zero attached hydrogens (tertiary/aromatic N) is 2. The van der Waals surface area contributed by atoms with Crippen LogP contribution in [-0.4, -0.2) is 48.1 Å². The summed E-state index contributed by atoms with van der Waals surface area (Å²) in [7, 11) is 4.13. The van der Waals surface area contributed by atoms with Crippen LogP contribution in [0, 0.1) is 0 Å². The Morgan fingerprint density at radius 1 is 1.25 bits per heavy atom. The van der Waals surface area contributed by atoms with Crippen molar-refractivity contribution in [2.45, 2.75) is 24.0 Å². The minimum absolute atomic E-state index is 0. The van der Waals surface area contributed by atoms with Crippen LogP contribution in [0.2, 0.25) is 0 Å². The largest absolute Gasteiger partial charge is 0.326 e. The van der Waals surface area contributed by atoms with E-state index in [1.807, 2.05) is 30.0 Å². The van der Waals surface area contributed by atoms with Crippen LogP contribution in [0.25, 0.3) is 0 Å². The summed E-state index contributed by atoms with van der Waals surface area (Å²) in [6.07, 6.45) is 1.02. The highest BCUT2D eigenvalue weighted by atomic mass is 35.5. The zero-order valence-electron chi connectivity index (χ0n) is 12.3. The molecule has 1 aliphatic rings. The highest BCUT2D eigenvalue weighted by Crippen LogP contribution is 2.42. The van der Waals surface area contributed by atoms with Gasteiger partial charge in [0.25, 0.3) is 0 Å². The van der Waals surface area contributed by atoms with Crippen LogP contribution < -0.4 is 0 Å². The molecular formula is C15H23ClN2OS. The minimum Gasteiger partial charge on any atom is -0.326 e. The molecule has 0 spiro atoms. The molecule has 1 fully saturated rings. The van der Waals surface area contributed by atoms with E-state index in [9.17, 15) is 4.79 Å². The standard InChI is InChI=1S/C15H22N2OS.ClH/c1-12-14(18)17(11-7-10-16(2)3)15(19-12)13-8-5-4-6-9-13;/h4-6,8-9,12,15H,7,10-11H2,1-3H3;1H. The number of thioether (sulfide) groups is 1. The van der Waals surface area contributed by atoms with Crippen LogP contribution in [0.5, 0.6) is 0 Å². The quantitative estimate of drug-likeness (QED) is 0.834. The fourth-order valence-electron chi connectivity index (χ4n) is 2.34. The number of amides is 1. The van der Waals surface area contributed by atoms with Gasteiger partial charge in [-0.3, -0.25) is 4.79 Å². The fraction of sp³-hybridized carbons (Fsp3) is 0.533. The Morgan fingerprint density at radius 2 is 1.90 bits per heavy atom. The molecule has 0 radical (unpaired) electrons. The zero-order chi connectivity index (χ0) is 13.8. The second-order valence-electron chi connectivity index (χ2n) is 5.23. The second kappa shape index (κ2) is 7.91. The maximum atomic E-state index is 12.3. The van der Waals surface area contributed by atoms with Crippen molar-refractivity contribution in [2.75, 3.05) is 27.2 Å².